The first-order valence-corrected chi connectivity index (χ1v) is 6.60. The summed E-state index contributed by atoms with van der Waals surface area (Å²) in [5, 5.41) is 7.32. The van der Waals surface area contributed by atoms with Crippen molar-refractivity contribution in [2.24, 2.45) is 5.92 Å². The summed E-state index contributed by atoms with van der Waals surface area (Å²) in [6, 6.07) is 6.08. The summed E-state index contributed by atoms with van der Waals surface area (Å²) in [5.41, 5.74) is 0.752. The highest BCUT2D eigenvalue weighted by atomic mass is 35.5. The van der Waals surface area contributed by atoms with Gasteiger partial charge in [-0.15, -0.1) is 12.4 Å². The Kier molecular flexibility index (Phi) is 5.09. The number of halogens is 2. The molecular formula is C14H17ClFN3O. The largest absolute Gasteiger partial charge is 0.334 e. The van der Waals surface area contributed by atoms with E-state index < -0.39 is 0 Å². The Labute approximate surface area is 123 Å². The molecule has 20 heavy (non-hydrogen) atoms. The van der Waals surface area contributed by atoms with Crippen LogP contribution in [0.25, 0.3) is 11.5 Å². The minimum absolute atomic E-state index is 0. The smallest absolute Gasteiger partial charge is 0.257 e. The molecule has 0 spiro atoms. The number of aromatic nitrogens is 2. The highest BCUT2D eigenvalue weighted by Gasteiger charge is 2.16. The van der Waals surface area contributed by atoms with Gasteiger partial charge in [-0.05, 0) is 56.1 Å². The molecule has 0 bridgehead atoms. The minimum atomic E-state index is -0.266. The van der Waals surface area contributed by atoms with E-state index in [4.69, 9.17) is 4.52 Å². The summed E-state index contributed by atoms with van der Waals surface area (Å²) >= 11 is 0. The molecule has 1 aliphatic rings. The summed E-state index contributed by atoms with van der Waals surface area (Å²) in [7, 11) is 0. The number of benzene rings is 1. The van der Waals surface area contributed by atoms with Gasteiger partial charge in [-0.1, -0.05) is 5.16 Å². The van der Waals surface area contributed by atoms with E-state index in [1.807, 2.05) is 0 Å². The predicted molar refractivity (Wildman–Crippen MR) is 76.2 cm³/mol. The quantitative estimate of drug-likeness (QED) is 0.943. The molecule has 1 atom stereocenters. The zero-order chi connectivity index (χ0) is 13.1. The number of hydrogen-bond donors (Lipinski definition) is 1. The molecular weight excluding hydrogens is 281 g/mol. The lowest BCUT2D eigenvalue weighted by atomic mass is 10.0. The molecule has 1 aliphatic heterocycles. The van der Waals surface area contributed by atoms with Crippen LogP contribution in [-0.2, 0) is 6.42 Å². The van der Waals surface area contributed by atoms with Gasteiger partial charge in [0.1, 0.15) is 5.82 Å². The summed E-state index contributed by atoms with van der Waals surface area (Å²) in [6.07, 6.45) is 3.13. The fourth-order valence-electron chi connectivity index (χ4n) is 2.36. The number of nitrogens with zero attached hydrogens (tertiary/aromatic N) is 2. The lowest BCUT2D eigenvalue weighted by Crippen LogP contribution is -2.09. The zero-order valence-corrected chi connectivity index (χ0v) is 11.8. The van der Waals surface area contributed by atoms with E-state index in [-0.39, 0.29) is 18.2 Å². The maximum atomic E-state index is 12.8. The Bertz CT molecular complexity index is 538. The molecule has 1 N–H and O–H groups in total. The first-order chi connectivity index (χ1) is 9.31. The molecule has 1 fully saturated rings. The van der Waals surface area contributed by atoms with Crippen LogP contribution in [-0.4, -0.2) is 23.2 Å². The van der Waals surface area contributed by atoms with E-state index >= 15 is 0 Å². The number of aryl methyl sites for hydroxylation is 1. The Morgan fingerprint density at radius 2 is 2.10 bits per heavy atom. The summed E-state index contributed by atoms with van der Waals surface area (Å²) in [6.45, 7) is 2.19. The molecule has 0 amide bonds. The third-order valence-electron chi connectivity index (χ3n) is 3.50. The molecule has 1 unspecified atom stereocenters. The van der Waals surface area contributed by atoms with Crippen molar-refractivity contribution in [3.63, 3.8) is 0 Å². The van der Waals surface area contributed by atoms with E-state index in [1.54, 1.807) is 12.1 Å². The van der Waals surface area contributed by atoms with Gasteiger partial charge in [-0.25, -0.2) is 4.39 Å². The van der Waals surface area contributed by atoms with Gasteiger partial charge in [-0.3, -0.25) is 0 Å². The van der Waals surface area contributed by atoms with Crippen LogP contribution in [0.3, 0.4) is 0 Å². The summed E-state index contributed by atoms with van der Waals surface area (Å²) in [4.78, 5) is 4.35. The Morgan fingerprint density at radius 3 is 2.80 bits per heavy atom. The predicted octanol–water partition coefficient (Wildman–Crippen LogP) is 2.84. The van der Waals surface area contributed by atoms with Crippen LogP contribution >= 0.6 is 12.4 Å². The second-order valence-corrected chi connectivity index (χ2v) is 4.92. The van der Waals surface area contributed by atoms with Crippen molar-refractivity contribution in [3.8, 4) is 11.5 Å². The third-order valence-corrected chi connectivity index (χ3v) is 3.50. The van der Waals surface area contributed by atoms with E-state index in [0.717, 1.165) is 37.3 Å². The van der Waals surface area contributed by atoms with Crippen molar-refractivity contribution in [1.29, 1.82) is 0 Å². The first-order valence-electron chi connectivity index (χ1n) is 6.60. The van der Waals surface area contributed by atoms with Crippen LogP contribution in [0.1, 0.15) is 18.7 Å². The summed E-state index contributed by atoms with van der Waals surface area (Å²) < 4.78 is 18.0. The van der Waals surface area contributed by atoms with Crippen LogP contribution in [0.2, 0.25) is 0 Å². The average molecular weight is 298 g/mol. The average Bonchev–Trinajstić information content (AvgIpc) is 3.09. The molecule has 3 rings (SSSR count). The van der Waals surface area contributed by atoms with Gasteiger partial charge >= 0.3 is 0 Å². The molecule has 1 saturated heterocycles. The van der Waals surface area contributed by atoms with Crippen molar-refractivity contribution >= 4 is 12.4 Å². The Morgan fingerprint density at radius 1 is 1.30 bits per heavy atom. The normalized spacial score (nSPS) is 17.9. The number of nitrogens with one attached hydrogen (secondary N) is 1. The fourth-order valence-corrected chi connectivity index (χ4v) is 2.36. The van der Waals surface area contributed by atoms with Crippen LogP contribution in [0, 0.1) is 11.7 Å². The van der Waals surface area contributed by atoms with E-state index in [0.29, 0.717) is 11.8 Å². The standard InChI is InChI=1S/C14H16FN3O.ClH/c15-12-4-2-11(3-5-12)14-17-13(18-19-14)6-1-10-7-8-16-9-10;/h2-5,10,16H,1,6-9H2;1H. The van der Waals surface area contributed by atoms with Gasteiger partial charge < -0.3 is 9.84 Å². The minimum Gasteiger partial charge on any atom is -0.334 e. The van der Waals surface area contributed by atoms with Gasteiger partial charge in [0.15, 0.2) is 5.82 Å². The monoisotopic (exact) mass is 297 g/mol. The highest BCUT2D eigenvalue weighted by Crippen LogP contribution is 2.19. The number of rotatable bonds is 4. The molecule has 0 saturated carbocycles. The Hall–Kier alpha value is -1.46. The van der Waals surface area contributed by atoms with Crippen molar-refractivity contribution in [3.05, 3.63) is 35.9 Å². The zero-order valence-electron chi connectivity index (χ0n) is 11.0. The topological polar surface area (TPSA) is 51.0 Å². The maximum absolute atomic E-state index is 12.8. The van der Waals surface area contributed by atoms with Crippen molar-refractivity contribution in [1.82, 2.24) is 15.5 Å². The molecule has 0 radical (unpaired) electrons. The SMILES string of the molecule is Cl.Fc1ccc(-c2nc(CCC3CCNC3)no2)cc1. The first kappa shape index (κ1) is 14.9. The Balaban J connectivity index is 0.00000147. The van der Waals surface area contributed by atoms with Crippen molar-refractivity contribution in [2.45, 2.75) is 19.3 Å². The highest BCUT2D eigenvalue weighted by molar-refractivity contribution is 5.85. The lowest BCUT2D eigenvalue weighted by molar-refractivity contribution is 0.417. The van der Waals surface area contributed by atoms with E-state index in [2.05, 4.69) is 15.5 Å². The molecule has 2 heterocycles. The maximum Gasteiger partial charge on any atom is 0.257 e. The van der Waals surface area contributed by atoms with Gasteiger partial charge in [-0.2, -0.15) is 4.98 Å². The van der Waals surface area contributed by atoms with Gasteiger partial charge in [0.2, 0.25) is 0 Å². The second-order valence-electron chi connectivity index (χ2n) is 4.92. The van der Waals surface area contributed by atoms with Crippen LogP contribution in [0.4, 0.5) is 4.39 Å². The molecule has 1 aromatic carbocycles. The van der Waals surface area contributed by atoms with Gasteiger partial charge in [0, 0.05) is 12.0 Å². The van der Waals surface area contributed by atoms with Crippen LogP contribution < -0.4 is 5.32 Å². The van der Waals surface area contributed by atoms with Crippen molar-refractivity contribution < 1.29 is 8.91 Å². The molecule has 108 valence electrons. The third kappa shape index (κ3) is 3.55. The van der Waals surface area contributed by atoms with Gasteiger partial charge in [0.25, 0.3) is 5.89 Å². The molecule has 0 aliphatic carbocycles. The fraction of sp³-hybridized carbons (Fsp3) is 0.429. The molecule has 6 heteroatoms. The van der Waals surface area contributed by atoms with E-state index in [1.165, 1.54) is 18.6 Å². The van der Waals surface area contributed by atoms with E-state index in [9.17, 15) is 4.39 Å². The van der Waals surface area contributed by atoms with Crippen LogP contribution in [0.15, 0.2) is 28.8 Å². The molecule has 2 aromatic rings. The van der Waals surface area contributed by atoms with Crippen molar-refractivity contribution in [2.75, 3.05) is 13.1 Å². The van der Waals surface area contributed by atoms with Crippen LogP contribution in [0.5, 0.6) is 0 Å². The summed E-state index contributed by atoms with van der Waals surface area (Å²) in [5.74, 6) is 1.63. The lowest BCUT2D eigenvalue weighted by Gasteiger charge is -2.04. The molecule has 4 nitrogen and oxygen atoms in total. The van der Waals surface area contributed by atoms with Gasteiger partial charge in [0.05, 0.1) is 0 Å². The number of hydrogen-bond acceptors (Lipinski definition) is 4. The molecule has 1 aromatic heterocycles. The second kappa shape index (κ2) is 6.81.